The molecule has 3 N–H and O–H groups in total. The van der Waals surface area contributed by atoms with E-state index in [0.29, 0.717) is 37.7 Å². The second-order valence-corrected chi connectivity index (χ2v) is 6.94. The summed E-state index contributed by atoms with van der Waals surface area (Å²) in [5, 5.41) is 5.61. The van der Waals surface area contributed by atoms with E-state index in [1.165, 1.54) is 11.3 Å². The lowest BCUT2D eigenvalue weighted by Gasteiger charge is -2.34. The van der Waals surface area contributed by atoms with Gasteiger partial charge in [0.15, 0.2) is 5.13 Å². The summed E-state index contributed by atoms with van der Waals surface area (Å²) in [5.41, 5.74) is 6.34. The van der Waals surface area contributed by atoms with Gasteiger partial charge in [-0.25, -0.2) is 4.98 Å². The van der Waals surface area contributed by atoms with Crippen molar-refractivity contribution >= 4 is 22.4 Å². The average Bonchev–Trinajstić information content (AvgIpc) is 3.03. The summed E-state index contributed by atoms with van der Waals surface area (Å²) in [4.78, 5) is 19.5. The van der Waals surface area contributed by atoms with Crippen LogP contribution in [-0.2, 0) is 20.8 Å². The summed E-state index contributed by atoms with van der Waals surface area (Å²) in [6.07, 6.45) is 1.34. The van der Waals surface area contributed by atoms with E-state index in [1.807, 2.05) is 5.38 Å². The summed E-state index contributed by atoms with van der Waals surface area (Å²) in [6, 6.07) is 0. The minimum absolute atomic E-state index is 0.0319. The molecule has 23 heavy (non-hydrogen) atoms. The number of nitrogens with one attached hydrogen (secondary N) is 1. The fourth-order valence-corrected chi connectivity index (χ4v) is 3.64. The highest BCUT2D eigenvalue weighted by atomic mass is 32.1. The third-order valence-corrected chi connectivity index (χ3v) is 5.39. The van der Waals surface area contributed by atoms with Crippen LogP contribution in [-0.4, -0.2) is 61.9 Å². The standard InChI is InChI=1S/C15H24N4O3S/c16-11-15(1-5-21-6-2-15)13(20)18-14-17-12(10-23-14)9-19-3-7-22-8-4-19/h10H,1-9,11,16H2,(H,17,18,20). The van der Waals surface area contributed by atoms with Gasteiger partial charge in [-0.15, -0.1) is 11.3 Å². The van der Waals surface area contributed by atoms with E-state index in [1.54, 1.807) is 0 Å². The first-order chi connectivity index (χ1) is 11.2. The Morgan fingerprint density at radius 1 is 1.30 bits per heavy atom. The fourth-order valence-electron chi connectivity index (χ4n) is 2.94. The number of ether oxygens (including phenoxy) is 2. The van der Waals surface area contributed by atoms with Crippen molar-refractivity contribution in [2.45, 2.75) is 19.4 Å². The van der Waals surface area contributed by atoms with E-state index in [-0.39, 0.29) is 5.91 Å². The van der Waals surface area contributed by atoms with Crippen molar-refractivity contribution in [1.82, 2.24) is 9.88 Å². The molecule has 2 aliphatic rings. The molecule has 2 aliphatic heterocycles. The molecule has 3 rings (SSSR count). The first-order valence-electron chi connectivity index (χ1n) is 8.06. The zero-order valence-electron chi connectivity index (χ0n) is 13.3. The number of amides is 1. The van der Waals surface area contributed by atoms with Gasteiger partial charge in [-0.2, -0.15) is 0 Å². The van der Waals surface area contributed by atoms with Gasteiger partial charge in [-0.05, 0) is 12.8 Å². The van der Waals surface area contributed by atoms with Crippen LogP contribution in [0.5, 0.6) is 0 Å². The third-order valence-electron chi connectivity index (χ3n) is 4.58. The molecular weight excluding hydrogens is 316 g/mol. The van der Waals surface area contributed by atoms with Crippen LogP contribution in [0, 0.1) is 5.41 Å². The number of morpholine rings is 1. The van der Waals surface area contributed by atoms with Crippen molar-refractivity contribution in [1.29, 1.82) is 0 Å². The molecule has 1 aromatic heterocycles. The highest BCUT2D eigenvalue weighted by Gasteiger charge is 2.39. The predicted molar refractivity (Wildman–Crippen MR) is 88.4 cm³/mol. The van der Waals surface area contributed by atoms with Gasteiger partial charge in [-0.1, -0.05) is 0 Å². The number of carbonyl (C=O) groups is 1. The summed E-state index contributed by atoms with van der Waals surface area (Å²) in [5.74, 6) is -0.0319. The Kier molecular flexibility index (Phi) is 5.60. The zero-order chi connectivity index (χ0) is 16.1. The van der Waals surface area contributed by atoms with Gasteiger partial charge >= 0.3 is 0 Å². The molecule has 0 radical (unpaired) electrons. The summed E-state index contributed by atoms with van der Waals surface area (Å²) in [7, 11) is 0. The van der Waals surface area contributed by atoms with E-state index >= 15 is 0 Å². The second-order valence-electron chi connectivity index (χ2n) is 6.08. The number of nitrogens with zero attached hydrogens (tertiary/aromatic N) is 2. The van der Waals surface area contributed by atoms with Crippen LogP contribution in [0.15, 0.2) is 5.38 Å². The molecule has 2 saturated heterocycles. The van der Waals surface area contributed by atoms with Crippen molar-refractivity contribution in [2.24, 2.45) is 11.1 Å². The molecule has 0 atom stereocenters. The van der Waals surface area contributed by atoms with Gasteiger partial charge in [0.1, 0.15) is 0 Å². The monoisotopic (exact) mass is 340 g/mol. The number of hydrogen-bond acceptors (Lipinski definition) is 7. The number of aromatic nitrogens is 1. The summed E-state index contributed by atoms with van der Waals surface area (Å²) in [6.45, 7) is 5.71. The van der Waals surface area contributed by atoms with Crippen LogP contribution >= 0.6 is 11.3 Å². The Balaban J connectivity index is 1.58. The molecule has 0 aliphatic carbocycles. The lowest BCUT2D eigenvalue weighted by atomic mass is 9.79. The first kappa shape index (κ1) is 16.8. The Hall–Kier alpha value is -1.06. The Morgan fingerprint density at radius 3 is 2.70 bits per heavy atom. The Labute approximate surface area is 140 Å². The van der Waals surface area contributed by atoms with Gasteiger partial charge in [-0.3, -0.25) is 9.69 Å². The van der Waals surface area contributed by atoms with E-state index in [4.69, 9.17) is 15.2 Å². The van der Waals surface area contributed by atoms with Gasteiger partial charge in [0, 0.05) is 44.8 Å². The number of carbonyl (C=O) groups excluding carboxylic acids is 1. The number of hydrogen-bond donors (Lipinski definition) is 2. The summed E-state index contributed by atoms with van der Waals surface area (Å²) >= 11 is 1.47. The van der Waals surface area contributed by atoms with Gasteiger partial charge in [0.2, 0.25) is 5.91 Å². The number of nitrogens with two attached hydrogens (primary N) is 1. The van der Waals surface area contributed by atoms with E-state index in [2.05, 4.69) is 15.2 Å². The molecule has 1 amide bonds. The molecule has 7 nitrogen and oxygen atoms in total. The second kappa shape index (κ2) is 7.67. The first-order valence-corrected chi connectivity index (χ1v) is 8.94. The zero-order valence-corrected chi connectivity index (χ0v) is 14.1. The SMILES string of the molecule is NCC1(C(=O)Nc2nc(CN3CCOCC3)cs2)CCOCC1. The van der Waals surface area contributed by atoms with Gasteiger partial charge in [0.05, 0.1) is 24.3 Å². The topological polar surface area (TPSA) is 89.7 Å². The smallest absolute Gasteiger partial charge is 0.233 e. The summed E-state index contributed by atoms with van der Waals surface area (Å²) < 4.78 is 10.7. The molecule has 2 fully saturated rings. The molecule has 1 aromatic rings. The maximum Gasteiger partial charge on any atom is 0.233 e. The lowest BCUT2D eigenvalue weighted by Crippen LogP contribution is -2.46. The minimum atomic E-state index is -0.520. The molecular formula is C15H24N4O3S. The van der Waals surface area contributed by atoms with Crippen LogP contribution in [0.3, 0.4) is 0 Å². The molecule has 0 saturated carbocycles. The number of thiazole rings is 1. The molecule has 128 valence electrons. The average molecular weight is 340 g/mol. The van der Waals surface area contributed by atoms with Gasteiger partial charge in [0.25, 0.3) is 0 Å². The molecule has 0 unspecified atom stereocenters. The fraction of sp³-hybridized carbons (Fsp3) is 0.733. The van der Waals surface area contributed by atoms with E-state index in [9.17, 15) is 4.79 Å². The largest absolute Gasteiger partial charge is 0.381 e. The lowest BCUT2D eigenvalue weighted by molar-refractivity contribution is -0.130. The maximum absolute atomic E-state index is 12.6. The van der Waals surface area contributed by atoms with Crippen molar-refractivity contribution in [3.8, 4) is 0 Å². The van der Waals surface area contributed by atoms with Crippen molar-refractivity contribution in [3.05, 3.63) is 11.1 Å². The third kappa shape index (κ3) is 4.07. The molecule has 0 spiro atoms. The van der Waals surface area contributed by atoms with E-state index in [0.717, 1.165) is 38.5 Å². The van der Waals surface area contributed by atoms with Crippen LogP contribution in [0.1, 0.15) is 18.5 Å². The van der Waals surface area contributed by atoms with Crippen molar-refractivity contribution in [2.75, 3.05) is 51.4 Å². The van der Waals surface area contributed by atoms with Crippen LogP contribution < -0.4 is 11.1 Å². The van der Waals surface area contributed by atoms with Crippen LogP contribution in [0.2, 0.25) is 0 Å². The highest BCUT2D eigenvalue weighted by molar-refractivity contribution is 7.13. The number of rotatable bonds is 5. The quantitative estimate of drug-likeness (QED) is 0.819. The minimum Gasteiger partial charge on any atom is -0.381 e. The molecule has 0 bridgehead atoms. The van der Waals surface area contributed by atoms with Crippen molar-refractivity contribution in [3.63, 3.8) is 0 Å². The van der Waals surface area contributed by atoms with E-state index < -0.39 is 5.41 Å². The van der Waals surface area contributed by atoms with Gasteiger partial charge < -0.3 is 20.5 Å². The Bertz CT molecular complexity index is 525. The normalized spacial score (nSPS) is 22.0. The number of anilines is 1. The molecule has 0 aromatic carbocycles. The Morgan fingerprint density at radius 2 is 2.00 bits per heavy atom. The van der Waals surface area contributed by atoms with Crippen LogP contribution in [0.25, 0.3) is 0 Å². The predicted octanol–water partition coefficient (Wildman–Crippen LogP) is 0.669. The van der Waals surface area contributed by atoms with Crippen molar-refractivity contribution < 1.29 is 14.3 Å². The maximum atomic E-state index is 12.6. The molecule has 8 heteroatoms. The highest BCUT2D eigenvalue weighted by Crippen LogP contribution is 2.31. The van der Waals surface area contributed by atoms with Crippen LogP contribution in [0.4, 0.5) is 5.13 Å². The molecule has 3 heterocycles.